The number of carbonyl (C=O) groups excluding carboxylic acids is 2. The number of amides is 2. The van der Waals surface area contributed by atoms with E-state index in [-0.39, 0.29) is 24.4 Å². The minimum atomic E-state index is -0.126. The molecule has 5 nitrogen and oxygen atoms in total. The van der Waals surface area contributed by atoms with E-state index < -0.39 is 0 Å². The lowest BCUT2D eigenvalue weighted by atomic mass is 9.95. The molecule has 0 spiro atoms. The summed E-state index contributed by atoms with van der Waals surface area (Å²) in [5, 5.41) is 2.97. The third-order valence-corrected chi connectivity index (χ3v) is 5.49. The van der Waals surface area contributed by atoms with Crippen LogP contribution >= 0.6 is 0 Å². The SMILES string of the molecule is CCCc1ccncc1/C=C(\C)CNC(=O)CN1C(=O)CCC[C@H]1c1ccccc1. The number of piperidine rings is 1. The molecule has 0 bridgehead atoms. The van der Waals surface area contributed by atoms with Crippen molar-refractivity contribution in [2.24, 2.45) is 0 Å². The van der Waals surface area contributed by atoms with E-state index in [1.165, 1.54) is 5.56 Å². The highest BCUT2D eigenvalue weighted by atomic mass is 16.2. The summed E-state index contributed by atoms with van der Waals surface area (Å²) in [5.74, 6) is -0.0732. The first-order chi connectivity index (χ1) is 14.6. The zero-order chi connectivity index (χ0) is 21.3. The molecule has 1 fully saturated rings. The van der Waals surface area contributed by atoms with Gasteiger partial charge in [-0.2, -0.15) is 0 Å². The van der Waals surface area contributed by atoms with Crippen LogP contribution < -0.4 is 5.32 Å². The molecule has 1 aromatic heterocycles. The summed E-state index contributed by atoms with van der Waals surface area (Å²) in [5.41, 5.74) is 4.51. The van der Waals surface area contributed by atoms with Crippen LogP contribution in [0.5, 0.6) is 0 Å². The lowest BCUT2D eigenvalue weighted by molar-refractivity contribution is -0.141. The molecule has 2 aromatic rings. The molecule has 5 heteroatoms. The molecular weight excluding hydrogens is 374 g/mol. The fourth-order valence-electron chi connectivity index (χ4n) is 3.97. The van der Waals surface area contributed by atoms with Crippen molar-refractivity contribution in [3.63, 3.8) is 0 Å². The summed E-state index contributed by atoms with van der Waals surface area (Å²) in [6.07, 6.45) is 10.1. The molecule has 2 heterocycles. The minimum Gasteiger partial charge on any atom is -0.351 e. The van der Waals surface area contributed by atoms with Gasteiger partial charge in [-0.05, 0) is 48.9 Å². The van der Waals surface area contributed by atoms with E-state index in [0.29, 0.717) is 13.0 Å². The van der Waals surface area contributed by atoms with E-state index in [4.69, 9.17) is 0 Å². The van der Waals surface area contributed by atoms with Crippen LogP contribution in [0.25, 0.3) is 6.08 Å². The van der Waals surface area contributed by atoms with E-state index in [2.05, 4.69) is 23.3 Å². The number of hydrogen-bond donors (Lipinski definition) is 1. The van der Waals surface area contributed by atoms with Crippen LogP contribution in [0, 0.1) is 0 Å². The van der Waals surface area contributed by atoms with Gasteiger partial charge in [0.1, 0.15) is 6.54 Å². The second kappa shape index (κ2) is 10.7. The molecule has 1 aromatic carbocycles. The summed E-state index contributed by atoms with van der Waals surface area (Å²) >= 11 is 0. The van der Waals surface area contributed by atoms with Crippen molar-refractivity contribution in [3.05, 3.63) is 71.1 Å². The van der Waals surface area contributed by atoms with Crippen LogP contribution in [0.15, 0.2) is 54.4 Å². The van der Waals surface area contributed by atoms with E-state index in [9.17, 15) is 9.59 Å². The molecular formula is C25H31N3O2. The minimum absolute atomic E-state index is 0.0261. The van der Waals surface area contributed by atoms with Crippen molar-refractivity contribution < 1.29 is 9.59 Å². The Hall–Kier alpha value is -2.95. The van der Waals surface area contributed by atoms with Crippen molar-refractivity contribution in [2.45, 2.75) is 52.0 Å². The fraction of sp³-hybridized carbons (Fsp3) is 0.400. The van der Waals surface area contributed by atoms with Gasteiger partial charge in [0, 0.05) is 25.4 Å². The molecule has 1 aliphatic heterocycles. The molecule has 0 saturated carbocycles. The molecule has 1 saturated heterocycles. The van der Waals surface area contributed by atoms with Crippen LogP contribution in [0.4, 0.5) is 0 Å². The molecule has 2 amide bonds. The van der Waals surface area contributed by atoms with Gasteiger partial charge in [0.05, 0.1) is 6.04 Å². The lowest BCUT2D eigenvalue weighted by Crippen LogP contribution is -2.45. The Morgan fingerprint density at radius 2 is 2.07 bits per heavy atom. The van der Waals surface area contributed by atoms with Gasteiger partial charge in [0.15, 0.2) is 0 Å². The Kier molecular flexibility index (Phi) is 7.77. The maximum atomic E-state index is 12.6. The molecule has 0 unspecified atom stereocenters. The maximum Gasteiger partial charge on any atom is 0.239 e. The van der Waals surface area contributed by atoms with Crippen molar-refractivity contribution in [3.8, 4) is 0 Å². The normalized spacial score (nSPS) is 17.1. The van der Waals surface area contributed by atoms with Crippen molar-refractivity contribution >= 4 is 17.9 Å². The first kappa shape index (κ1) is 21.8. The molecule has 3 rings (SSSR count). The molecule has 1 N–H and O–H groups in total. The lowest BCUT2D eigenvalue weighted by Gasteiger charge is -2.35. The highest BCUT2D eigenvalue weighted by molar-refractivity contribution is 5.85. The van der Waals surface area contributed by atoms with Gasteiger partial charge in [-0.25, -0.2) is 0 Å². The van der Waals surface area contributed by atoms with Gasteiger partial charge in [-0.3, -0.25) is 14.6 Å². The first-order valence-electron chi connectivity index (χ1n) is 10.8. The number of rotatable bonds is 8. The third kappa shape index (κ3) is 5.78. The number of carbonyl (C=O) groups is 2. The molecule has 1 aliphatic rings. The zero-order valence-electron chi connectivity index (χ0n) is 17.9. The van der Waals surface area contributed by atoms with Crippen molar-refractivity contribution in [2.75, 3.05) is 13.1 Å². The van der Waals surface area contributed by atoms with Gasteiger partial charge in [-0.1, -0.05) is 55.3 Å². The number of pyridine rings is 1. The van der Waals surface area contributed by atoms with Gasteiger partial charge >= 0.3 is 0 Å². The largest absolute Gasteiger partial charge is 0.351 e. The first-order valence-corrected chi connectivity index (χ1v) is 10.8. The Morgan fingerprint density at radius 1 is 1.27 bits per heavy atom. The van der Waals surface area contributed by atoms with E-state index >= 15 is 0 Å². The Bertz CT molecular complexity index is 892. The van der Waals surface area contributed by atoms with Crippen LogP contribution in [-0.2, 0) is 16.0 Å². The standard InChI is InChI=1S/C25H31N3O2/c1-3-8-20-13-14-26-17-22(20)15-19(2)16-27-24(29)18-28-23(11-7-12-25(28)30)21-9-5-4-6-10-21/h4-6,9-10,13-15,17,23H,3,7-8,11-12,16,18H2,1-2H3,(H,27,29)/b19-15+/t23-/m0/s1. The smallest absolute Gasteiger partial charge is 0.239 e. The molecule has 158 valence electrons. The van der Waals surface area contributed by atoms with Gasteiger partial charge in [0.25, 0.3) is 0 Å². The number of benzene rings is 1. The maximum absolute atomic E-state index is 12.6. The highest BCUT2D eigenvalue weighted by Gasteiger charge is 2.30. The van der Waals surface area contributed by atoms with Gasteiger partial charge in [0.2, 0.25) is 11.8 Å². The number of aromatic nitrogens is 1. The predicted molar refractivity (Wildman–Crippen MR) is 120 cm³/mol. The summed E-state index contributed by atoms with van der Waals surface area (Å²) in [4.78, 5) is 31.1. The Labute approximate surface area is 179 Å². The van der Waals surface area contributed by atoms with Gasteiger partial charge in [-0.15, -0.1) is 0 Å². The second-order valence-corrected chi connectivity index (χ2v) is 7.93. The number of nitrogens with one attached hydrogen (secondary N) is 1. The van der Waals surface area contributed by atoms with Crippen LogP contribution in [0.3, 0.4) is 0 Å². The van der Waals surface area contributed by atoms with Crippen molar-refractivity contribution in [1.29, 1.82) is 0 Å². The average Bonchev–Trinajstić information content (AvgIpc) is 2.76. The topological polar surface area (TPSA) is 62.3 Å². The van der Waals surface area contributed by atoms with Gasteiger partial charge < -0.3 is 10.2 Å². The highest BCUT2D eigenvalue weighted by Crippen LogP contribution is 2.31. The van der Waals surface area contributed by atoms with Crippen LogP contribution in [-0.4, -0.2) is 34.8 Å². The number of hydrogen-bond acceptors (Lipinski definition) is 3. The molecule has 0 aliphatic carbocycles. The molecule has 0 radical (unpaired) electrons. The third-order valence-electron chi connectivity index (χ3n) is 5.49. The summed E-state index contributed by atoms with van der Waals surface area (Å²) in [7, 11) is 0. The molecule has 1 atom stereocenters. The predicted octanol–water partition coefficient (Wildman–Crippen LogP) is 4.31. The zero-order valence-corrected chi connectivity index (χ0v) is 17.9. The van der Waals surface area contributed by atoms with E-state index in [1.807, 2.05) is 55.7 Å². The quantitative estimate of drug-likeness (QED) is 0.712. The van der Waals surface area contributed by atoms with E-state index in [1.54, 1.807) is 4.90 Å². The molecule has 30 heavy (non-hydrogen) atoms. The van der Waals surface area contributed by atoms with E-state index in [0.717, 1.165) is 42.4 Å². The van der Waals surface area contributed by atoms with Crippen molar-refractivity contribution in [1.82, 2.24) is 15.2 Å². The summed E-state index contributed by atoms with van der Waals surface area (Å²) in [6, 6.07) is 12.0. The number of likely N-dealkylation sites (tertiary alicyclic amines) is 1. The van der Waals surface area contributed by atoms with Crippen LogP contribution in [0.2, 0.25) is 0 Å². The number of aryl methyl sites for hydroxylation is 1. The monoisotopic (exact) mass is 405 g/mol. The number of nitrogens with zero attached hydrogens (tertiary/aromatic N) is 2. The van der Waals surface area contributed by atoms with Crippen LogP contribution in [0.1, 0.15) is 62.3 Å². The average molecular weight is 406 g/mol. The second-order valence-electron chi connectivity index (χ2n) is 7.93. The Balaban J connectivity index is 1.61. The summed E-state index contributed by atoms with van der Waals surface area (Å²) < 4.78 is 0. The fourth-order valence-corrected chi connectivity index (χ4v) is 3.97. The summed E-state index contributed by atoms with van der Waals surface area (Å²) in [6.45, 7) is 4.71. The Morgan fingerprint density at radius 3 is 2.83 bits per heavy atom.